The second kappa shape index (κ2) is 8.89. The van der Waals surface area contributed by atoms with Crippen LogP contribution < -0.4 is 0 Å². The van der Waals surface area contributed by atoms with E-state index >= 15 is 0 Å². The molecule has 0 fully saturated rings. The number of nitrogens with zero attached hydrogens (tertiary/aromatic N) is 1. The number of rotatable bonds is 6. The molecule has 0 aliphatic heterocycles. The summed E-state index contributed by atoms with van der Waals surface area (Å²) in [5, 5.41) is 9.33. The summed E-state index contributed by atoms with van der Waals surface area (Å²) in [6.07, 6.45) is -2.91. The minimum Gasteiger partial charge on any atom is -0.396 e. The zero-order chi connectivity index (χ0) is 23.8. The molecule has 1 N–H and O–H groups in total. The molecule has 172 valence electrons. The van der Waals surface area contributed by atoms with Gasteiger partial charge in [0.1, 0.15) is 4.21 Å². The van der Waals surface area contributed by atoms with E-state index in [9.17, 15) is 21.6 Å². The average molecular weight is 492 g/mol. The predicted molar refractivity (Wildman–Crippen MR) is 124 cm³/mol. The molecule has 33 heavy (non-hydrogen) atoms. The molecule has 0 aliphatic rings. The maximum atomic E-state index is 13.5. The van der Waals surface area contributed by atoms with Crippen molar-refractivity contribution in [3.8, 4) is 21.6 Å². The summed E-state index contributed by atoms with van der Waals surface area (Å²) in [5.74, 6) is -0.132. The van der Waals surface area contributed by atoms with E-state index in [1.165, 1.54) is 12.3 Å². The van der Waals surface area contributed by atoms with Crippen LogP contribution in [0.1, 0.15) is 17.5 Å². The van der Waals surface area contributed by atoms with Crippen molar-refractivity contribution in [3.63, 3.8) is 0 Å². The highest BCUT2D eigenvalue weighted by Gasteiger charge is 2.33. The number of sulfone groups is 1. The van der Waals surface area contributed by atoms with Gasteiger partial charge in [-0.15, -0.1) is 11.3 Å². The summed E-state index contributed by atoms with van der Waals surface area (Å²) in [5.41, 5.74) is 1.97. The lowest BCUT2D eigenvalue weighted by Gasteiger charge is -2.15. The maximum absolute atomic E-state index is 13.5. The minimum atomic E-state index is -4.52. The first kappa shape index (κ1) is 23.4. The van der Waals surface area contributed by atoms with Gasteiger partial charge < -0.3 is 5.11 Å². The number of aryl methyl sites for hydroxylation is 1. The molecule has 4 aromatic rings. The molecule has 4 nitrogen and oxygen atoms in total. The fourth-order valence-corrected chi connectivity index (χ4v) is 6.51. The molecule has 4 rings (SSSR count). The summed E-state index contributed by atoms with van der Waals surface area (Å²) in [6, 6.07) is 14.6. The smallest absolute Gasteiger partial charge is 0.396 e. The van der Waals surface area contributed by atoms with Crippen molar-refractivity contribution >= 4 is 32.1 Å². The Balaban J connectivity index is 1.81. The van der Waals surface area contributed by atoms with Gasteiger partial charge in [0.25, 0.3) is 0 Å². The summed E-state index contributed by atoms with van der Waals surface area (Å²) in [4.78, 5) is 4.79. The van der Waals surface area contributed by atoms with Crippen molar-refractivity contribution in [2.75, 3.05) is 12.4 Å². The van der Waals surface area contributed by atoms with Gasteiger partial charge in [0.05, 0.1) is 16.8 Å². The molecule has 0 saturated heterocycles. The molecule has 0 bridgehead atoms. The van der Waals surface area contributed by atoms with Crippen LogP contribution in [0.3, 0.4) is 0 Å². The Morgan fingerprint density at radius 1 is 1.03 bits per heavy atom. The van der Waals surface area contributed by atoms with Gasteiger partial charge in [-0.2, -0.15) is 13.2 Å². The Morgan fingerprint density at radius 3 is 2.48 bits per heavy atom. The molecule has 0 aliphatic carbocycles. The van der Waals surface area contributed by atoms with Crippen molar-refractivity contribution < 1.29 is 26.7 Å². The van der Waals surface area contributed by atoms with Crippen LogP contribution >= 0.6 is 11.3 Å². The first-order valence-corrected chi connectivity index (χ1v) is 12.6. The van der Waals surface area contributed by atoms with Crippen LogP contribution in [0.2, 0.25) is 0 Å². The van der Waals surface area contributed by atoms with Crippen LogP contribution in [0.25, 0.3) is 32.5 Å². The van der Waals surface area contributed by atoms with E-state index in [0.717, 1.165) is 39.0 Å². The molecule has 0 radical (unpaired) electrons. The molecular formula is C24H20F3NO3S2. The molecule has 2 heterocycles. The van der Waals surface area contributed by atoms with Gasteiger partial charge in [0, 0.05) is 23.1 Å². The number of fused-ring (bicyclic) bond motifs is 1. The lowest BCUT2D eigenvalue weighted by atomic mass is 9.94. The Kier molecular flexibility index (Phi) is 6.30. The number of benzene rings is 2. The van der Waals surface area contributed by atoms with E-state index in [-0.39, 0.29) is 28.5 Å². The molecule has 0 amide bonds. The zero-order valence-corrected chi connectivity index (χ0v) is 19.2. The third-order valence-electron chi connectivity index (χ3n) is 5.29. The summed E-state index contributed by atoms with van der Waals surface area (Å²) in [7, 11) is -3.48. The molecule has 0 saturated carbocycles. The largest absolute Gasteiger partial charge is 0.418 e. The molecule has 9 heteroatoms. The van der Waals surface area contributed by atoms with Crippen LogP contribution in [0.5, 0.6) is 0 Å². The van der Waals surface area contributed by atoms with Gasteiger partial charge >= 0.3 is 6.18 Å². The highest BCUT2D eigenvalue weighted by molar-refractivity contribution is 7.93. The first-order chi connectivity index (χ1) is 15.6. The third kappa shape index (κ3) is 4.66. The molecule has 2 aromatic carbocycles. The van der Waals surface area contributed by atoms with E-state index in [1.807, 2.05) is 18.2 Å². The lowest BCUT2D eigenvalue weighted by Crippen LogP contribution is -2.07. The fraction of sp³-hybridized carbons (Fsp3) is 0.208. The van der Waals surface area contributed by atoms with Crippen LogP contribution in [0, 0.1) is 6.92 Å². The minimum absolute atomic E-state index is 0.107. The number of pyridine rings is 1. The van der Waals surface area contributed by atoms with Gasteiger partial charge in [-0.3, -0.25) is 4.98 Å². The Morgan fingerprint density at radius 2 is 1.76 bits per heavy atom. The molecular weight excluding hydrogens is 471 g/mol. The first-order valence-electron chi connectivity index (χ1n) is 10.1. The second-order valence-corrected chi connectivity index (χ2v) is 11.0. The number of para-hydroxylation sites is 1. The number of hydrogen-bond acceptors (Lipinski definition) is 5. The summed E-state index contributed by atoms with van der Waals surface area (Å²) in [6.45, 7) is 1.60. The molecule has 0 spiro atoms. The quantitative estimate of drug-likeness (QED) is 0.353. The van der Waals surface area contributed by atoms with Crippen LogP contribution in [-0.4, -0.2) is 30.9 Å². The Bertz CT molecular complexity index is 1430. The number of halogens is 3. The van der Waals surface area contributed by atoms with Crippen LogP contribution in [-0.2, 0) is 16.0 Å². The number of aromatic nitrogens is 1. The van der Waals surface area contributed by atoms with Crippen molar-refractivity contribution in [1.29, 1.82) is 0 Å². The molecule has 2 aromatic heterocycles. The van der Waals surface area contributed by atoms with Gasteiger partial charge in [0.2, 0.25) is 0 Å². The number of aliphatic hydroxyl groups is 1. The van der Waals surface area contributed by atoms with Gasteiger partial charge in [-0.1, -0.05) is 30.3 Å². The lowest BCUT2D eigenvalue weighted by molar-refractivity contribution is -0.136. The number of thiophene rings is 1. The van der Waals surface area contributed by atoms with Gasteiger partial charge in [-0.05, 0) is 59.9 Å². The van der Waals surface area contributed by atoms with Crippen molar-refractivity contribution in [3.05, 3.63) is 71.9 Å². The van der Waals surface area contributed by atoms with Crippen LogP contribution in [0.4, 0.5) is 13.2 Å². The van der Waals surface area contributed by atoms with Crippen molar-refractivity contribution in [2.24, 2.45) is 0 Å². The normalized spacial score (nSPS) is 12.4. The van der Waals surface area contributed by atoms with E-state index in [2.05, 4.69) is 4.98 Å². The standard InChI is InChI=1S/C24H20F3NO3S2/c1-15-14-28-23-18(7-3-8-19(23)24(25,26)27)22(15)17-6-2-5-16(13-17)20-9-10-21(32-20)33(30,31)12-4-11-29/h2-3,5-10,13-14,29H,4,11-12H2,1H3. The monoisotopic (exact) mass is 491 g/mol. The van der Waals surface area contributed by atoms with Gasteiger partial charge in [-0.25, -0.2) is 8.42 Å². The van der Waals surface area contributed by atoms with E-state index in [4.69, 9.17) is 5.11 Å². The molecule has 0 unspecified atom stereocenters. The van der Waals surface area contributed by atoms with E-state index < -0.39 is 21.6 Å². The number of alkyl halides is 3. The highest BCUT2D eigenvalue weighted by atomic mass is 32.2. The second-order valence-electron chi connectivity index (χ2n) is 7.61. The van der Waals surface area contributed by atoms with E-state index in [0.29, 0.717) is 10.9 Å². The number of aliphatic hydroxyl groups excluding tert-OH is 1. The fourth-order valence-electron chi connectivity index (χ4n) is 3.76. The average Bonchev–Trinajstić information content (AvgIpc) is 3.28. The highest BCUT2D eigenvalue weighted by Crippen LogP contribution is 2.40. The Hall–Kier alpha value is -2.75. The number of hydrogen-bond donors (Lipinski definition) is 1. The van der Waals surface area contributed by atoms with Gasteiger partial charge in [0.15, 0.2) is 9.84 Å². The SMILES string of the molecule is Cc1cnc2c(C(F)(F)F)cccc2c1-c1cccc(-c2ccc(S(=O)(=O)CCCO)s2)c1. The van der Waals surface area contributed by atoms with Crippen LogP contribution in [0.15, 0.2) is 65.0 Å². The summed E-state index contributed by atoms with van der Waals surface area (Å²) < 4.78 is 65.6. The summed E-state index contributed by atoms with van der Waals surface area (Å²) >= 11 is 1.13. The van der Waals surface area contributed by atoms with E-state index in [1.54, 1.807) is 31.2 Å². The topological polar surface area (TPSA) is 67.3 Å². The van der Waals surface area contributed by atoms with Crippen molar-refractivity contribution in [2.45, 2.75) is 23.7 Å². The van der Waals surface area contributed by atoms with Crippen molar-refractivity contribution in [1.82, 2.24) is 4.98 Å². The third-order valence-corrected chi connectivity index (χ3v) is 8.80. The Labute approximate surface area is 193 Å². The zero-order valence-electron chi connectivity index (χ0n) is 17.6. The predicted octanol–water partition coefficient (Wildman–Crippen LogP) is 6.11. The molecule has 0 atom stereocenters. The maximum Gasteiger partial charge on any atom is 0.418 e.